The molecule has 188 valence electrons. The van der Waals surface area contributed by atoms with Gasteiger partial charge in [0.2, 0.25) is 0 Å². The standard InChI is InChI=1S/C30H22ClN3O4/c1-37-26-17-19(11-16-25(26)38-30(36)21-12-14-22(31)15-13-21)18-32-34-29(35)28-27(20-7-3-2-4-8-20)23-9-5-6-10-24(23)33-28/h2-18,33H,1H3,(H,34,35). The molecule has 8 heteroatoms. The number of nitrogens with one attached hydrogen (secondary N) is 2. The Morgan fingerprint density at radius 3 is 2.39 bits per heavy atom. The number of H-pyrrole nitrogens is 1. The van der Waals surface area contributed by atoms with Crippen LogP contribution in [0.4, 0.5) is 0 Å². The van der Waals surface area contributed by atoms with Gasteiger partial charge in [-0.05, 0) is 59.7 Å². The van der Waals surface area contributed by atoms with Crippen molar-refractivity contribution in [2.24, 2.45) is 5.10 Å². The fraction of sp³-hybridized carbons (Fsp3) is 0.0333. The summed E-state index contributed by atoms with van der Waals surface area (Å²) in [5.41, 5.74) is 6.58. The minimum absolute atomic E-state index is 0.249. The van der Waals surface area contributed by atoms with Crippen LogP contribution in [0.25, 0.3) is 22.0 Å². The Kier molecular flexibility index (Phi) is 7.19. The molecule has 0 saturated carbocycles. The zero-order valence-corrected chi connectivity index (χ0v) is 21.0. The molecule has 1 amide bonds. The van der Waals surface area contributed by atoms with Crippen molar-refractivity contribution >= 4 is 40.6 Å². The lowest BCUT2D eigenvalue weighted by Crippen LogP contribution is -2.18. The molecule has 4 aromatic carbocycles. The Morgan fingerprint density at radius 1 is 0.895 bits per heavy atom. The number of aromatic nitrogens is 1. The molecule has 0 radical (unpaired) electrons. The second kappa shape index (κ2) is 11.0. The molecule has 1 aromatic heterocycles. The third-order valence-corrected chi connectivity index (χ3v) is 6.10. The van der Waals surface area contributed by atoms with Gasteiger partial charge < -0.3 is 14.5 Å². The first kappa shape index (κ1) is 24.8. The van der Waals surface area contributed by atoms with Crippen molar-refractivity contribution in [2.45, 2.75) is 0 Å². The highest BCUT2D eigenvalue weighted by Gasteiger charge is 2.19. The summed E-state index contributed by atoms with van der Waals surface area (Å²) in [5, 5.41) is 5.59. The van der Waals surface area contributed by atoms with Crippen molar-refractivity contribution in [2.75, 3.05) is 7.11 Å². The van der Waals surface area contributed by atoms with E-state index >= 15 is 0 Å². The van der Waals surface area contributed by atoms with Crippen LogP contribution >= 0.6 is 11.6 Å². The van der Waals surface area contributed by atoms with E-state index in [1.807, 2.05) is 54.6 Å². The molecule has 0 atom stereocenters. The second-order valence-corrected chi connectivity index (χ2v) is 8.73. The number of hydrazone groups is 1. The van der Waals surface area contributed by atoms with E-state index in [2.05, 4.69) is 15.5 Å². The first-order valence-corrected chi connectivity index (χ1v) is 12.1. The summed E-state index contributed by atoms with van der Waals surface area (Å²) in [4.78, 5) is 28.8. The van der Waals surface area contributed by atoms with E-state index in [1.54, 1.807) is 42.5 Å². The van der Waals surface area contributed by atoms with Crippen LogP contribution in [0.5, 0.6) is 11.5 Å². The fourth-order valence-electron chi connectivity index (χ4n) is 4.03. The number of hydrogen-bond donors (Lipinski definition) is 2. The van der Waals surface area contributed by atoms with Crippen LogP contribution in [-0.4, -0.2) is 30.2 Å². The van der Waals surface area contributed by atoms with Crippen molar-refractivity contribution in [1.29, 1.82) is 0 Å². The topological polar surface area (TPSA) is 92.8 Å². The Hall–Kier alpha value is -4.88. The van der Waals surface area contributed by atoms with Gasteiger partial charge in [0.1, 0.15) is 5.69 Å². The molecule has 0 aliphatic carbocycles. The Morgan fingerprint density at radius 2 is 1.63 bits per heavy atom. The number of carbonyl (C=O) groups is 2. The largest absolute Gasteiger partial charge is 0.493 e. The quantitative estimate of drug-likeness (QED) is 0.110. The molecule has 0 aliphatic rings. The molecule has 0 unspecified atom stereocenters. The van der Waals surface area contributed by atoms with Gasteiger partial charge in [-0.25, -0.2) is 10.2 Å². The summed E-state index contributed by atoms with van der Waals surface area (Å²) < 4.78 is 10.9. The Bertz CT molecular complexity index is 1640. The predicted molar refractivity (Wildman–Crippen MR) is 148 cm³/mol. The van der Waals surface area contributed by atoms with E-state index in [9.17, 15) is 9.59 Å². The highest BCUT2D eigenvalue weighted by molar-refractivity contribution is 6.30. The Balaban J connectivity index is 1.33. The number of nitrogens with zero attached hydrogens (tertiary/aromatic N) is 1. The zero-order valence-electron chi connectivity index (χ0n) is 20.3. The van der Waals surface area contributed by atoms with Gasteiger partial charge in [0.25, 0.3) is 5.91 Å². The number of benzene rings is 4. The molecule has 0 bridgehead atoms. The average Bonchev–Trinajstić information content (AvgIpc) is 3.34. The van der Waals surface area contributed by atoms with Crippen LogP contribution in [0.2, 0.25) is 5.02 Å². The molecule has 0 spiro atoms. The number of fused-ring (bicyclic) bond motifs is 1. The van der Waals surface area contributed by atoms with Crippen molar-refractivity contribution in [3.8, 4) is 22.6 Å². The number of carbonyl (C=O) groups excluding carboxylic acids is 2. The zero-order chi connectivity index (χ0) is 26.5. The lowest BCUT2D eigenvalue weighted by molar-refractivity contribution is 0.0729. The summed E-state index contributed by atoms with van der Waals surface area (Å²) in [6.45, 7) is 0. The fourth-order valence-corrected chi connectivity index (χ4v) is 4.16. The SMILES string of the molecule is COc1cc(C=NNC(=O)c2[nH]c3ccccc3c2-c2ccccc2)ccc1OC(=O)c1ccc(Cl)cc1. The van der Waals surface area contributed by atoms with E-state index in [-0.39, 0.29) is 11.7 Å². The molecule has 38 heavy (non-hydrogen) atoms. The highest BCUT2D eigenvalue weighted by Crippen LogP contribution is 2.32. The molecule has 0 aliphatic heterocycles. The van der Waals surface area contributed by atoms with Crippen molar-refractivity contribution in [3.05, 3.63) is 119 Å². The molecule has 7 nitrogen and oxygen atoms in total. The number of rotatable bonds is 7. The summed E-state index contributed by atoms with van der Waals surface area (Å²) in [6.07, 6.45) is 1.48. The van der Waals surface area contributed by atoms with Crippen LogP contribution in [0.15, 0.2) is 102 Å². The van der Waals surface area contributed by atoms with Crippen LogP contribution in [-0.2, 0) is 0 Å². The molecular formula is C30H22ClN3O4. The van der Waals surface area contributed by atoms with Gasteiger partial charge in [-0.2, -0.15) is 5.10 Å². The molecule has 0 fully saturated rings. The van der Waals surface area contributed by atoms with Gasteiger partial charge in [0.05, 0.1) is 18.9 Å². The molecule has 1 heterocycles. The van der Waals surface area contributed by atoms with Crippen molar-refractivity contribution < 1.29 is 19.1 Å². The first-order chi connectivity index (χ1) is 18.5. The van der Waals surface area contributed by atoms with Gasteiger partial charge in [0.15, 0.2) is 11.5 Å². The second-order valence-electron chi connectivity index (χ2n) is 8.29. The van der Waals surface area contributed by atoms with Crippen molar-refractivity contribution in [3.63, 3.8) is 0 Å². The number of methoxy groups -OCH3 is 1. The minimum Gasteiger partial charge on any atom is -0.493 e. The normalized spacial score (nSPS) is 11.0. The van der Waals surface area contributed by atoms with Crippen LogP contribution < -0.4 is 14.9 Å². The van der Waals surface area contributed by atoms with Crippen LogP contribution in [0.1, 0.15) is 26.4 Å². The predicted octanol–water partition coefficient (Wildman–Crippen LogP) is 6.48. The van der Waals surface area contributed by atoms with E-state index in [0.717, 1.165) is 22.0 Å². The summed E-state index contributed by atoms with van der Waals surface area (Å²) >= 11 is 5.88. The molecule has 5 aromatic rings. The van der Waals surface area contributed by atoms with Gasteiger partial charge in [-0.3, -0.25) is 4.79 Å². The van der Waals surface area contributed by atoms with E-state index < -0.39 is 5.97 Å². The number of esters is 1. The molecule has 2 N–H and O–H groups in total. The Labute approximate surface area is 223 Å². The summed E-state index contributed by atoms with van der Waals surface area (Å²) in [6, 6.07) is 28.8. The van der Waals surface area contributed by atoms with Gasteiger partial charge in [-0.1, -0.05) is 60.1 Å². The number of amides is 1. The van der Waals surface area contributed by atoms with Crippen molar-refractivity contribution in [1.82, 2.24) is 10.4 Å². The highest BCUT2D eigenvalue weighted by atomic mass is 35.5. The maximum Gasteiger partial charge on any atom is 0.343 e. The number of halogens is 1. The van der Waals surface area contributed by atoms with E-state index in [0.29, 0.717) is 27.6 Å². The average molecular weight is 524 g/mol. The van der Waals surface area contributed by atoms with E-state index in [1.165, 1.54) is 13.3 Å². The molecule has 5 rings (SSSR count). The maximum atomic E-state index is 13.1. The minimum atomic E-state index is -0.541. The van der Waals surface area contributed by atoms with Gasteiger partial charge in [-0.15, -0.1) is 0 Å². The van der Waals surface area contributed by atoms with E-state index in [4.69, 9.17) is 21.1 Å². The number of para-hydroxylation sites is 1. The van der Waals surface area contributed by atoms with Gasteiger partial charge in [0, 0.05) is 21.5 Å². The summed E-state index contributed by atoms with van der Waals surface area (Å²) in [5.74, 6) is -0.332. The molecule has 0 saturated heterocycles. The molecular weight excluding hydrogens is 502 g/mol. The number of hydrogen-bond acceptors (Lipinski definition) is 5. The number of ether oxygens (including phenoxy) is 2. The maximum absolute atomic E-state index is 13.1. The van der Waals surface area contributed by atoms with Gasteiger partial charge >= 0.3 is 5.97 Å². The smallest absolute Gasteiger partial charge is 0.343 e. The van der Waals surface area contributed by atoms with Crippen LogP contribution in [0.3, 0.4) is 0 Å². The third-order valence-electron chi connectivity index (χ3n) is 5.85. The summed E-state index contributed by atoms with van der Waals surface area (Å²) in [7, 11) is 1.47. The van der Waals surface area contributed by atoms with Crippen LogP contribution in [0, 0.1) is 0 Å². The lowest BCUT2D eigenvalue weighted by Gasteiger charge is -2.10. The monoisotopic (exact) mass is 523 g/mol. The number of aromatic amines is 1. The lowest BCUT2D eigenvalue weighted by atomic mass is 10.0. The third kappa shape index (κ3) is 5.28. The first-order valence-electron chi connectivity index (χ1n) is 11.7.